The Morgan fingerprint density at radius 1 is 1.17 bits per heavy atom. The molecule has 2 bridgehead atoms. The molecule has 2 nitrogen and oxygen atoms in total. The van der Waals surface area contributed by atoms with Gasteiger partial charge >= 0.3 is 0 Å². The fraction of sp³-hybridized carbons (Fsp3) is 0.562. The number of Topliss-reactive ketones (excluding diaryl/α,β-unsaturated/α-hetero) is 1. The third-order valence-corrected chi connectivity index (χ3v) is 5.89. The molecule has 0 aromatic heterocycles. The number of ketones is 1. The van der Waals surface area contributed by atoms with Gasteiger partial charge in [0.2, 0.25) is 0 Å². The second kappa shape index (κ2) is 3.24. The molecule has 18 heavy (non-hydrogen) atoms. The minimum atomic E-state index is -1.30. The number of carbonyl (C=O) groups excluding carboxylic acids is 1. The molecule has 0 saturated heterocycles. The van der Waals surface area contributed by atoms with Gasteiger partial charge in [0.15, 0.2) is 11.4 Å². The van der Waals surface area contributed by atoms with Gasteiger partial charge in [-0.1, -0.05) is 51.1 Å². The molecule has 2 aliphatic carbocycles. The fourth-order valence-electron chi connectivity index (χ4n) is 4.27. The van der Waals surface area contributed by atoms with Gasteiger partial charge in [0.1, 0.15) is 0 Å². The zero-order valence-electron chi connectivity index (χ0n) is 11.2. The third kappa shape index (κ3) is 1.02. The standard InChI is InChI=1S/C16H20O2/c1-14(2)12-9-10-15(14,3)16(18,13(12)17)11-7-5-4-6-8-11/h4-8,12,18H,9-10H2,1-3H3. The highest BCUT2D eigenvalue weighted by molar-refractivity contribution is 5.96. The maximum absolute atomic E-state index is 12.7. The lowest BCUT2D eigenvalue weighted by molar-refractivity contribution is -0.152. The van der Waals surface area contributed by atoms with Crippen LogP contribution in [0.3, 0.4) is 0 Å². The Hall–Kier alpha value is -1.15. The molecule has 2 saturated carbocycles. The molecular formula is C16H20O2. The number of fused-ring (bicyclic) bond motifs is 2. The van der Waals surface area contributed by atoms with Gasteiger partial charge in [-0.15, -0.1) is 0 Å². The van der Waals surface area contributed by atoms with E-state index in [0.29, 0.717) is 0 Å². The average molecular weight is 244 g/mol. The van der Waals surface area contributed by atoms with Crippen LogP contribution in [0.2, 0.25) is 0 Å². The van der Waals surface area contributed by atoms with Crippen molar-refractivity contribution in [2.45, 2.75) is 39.2 Å². The Morgan fingerprint density at radius 3 is 2.28 bits per heavy atom. The number of carbonyl (C=O) groups is 1. The van der Waals surface area contributed by atoms with E-state index in [1.54, 1.807) is 0 Å². The van der Waals surface area contributed by atoms with Crippen molar-refractivity contribution in [2.24, 2.45) is 16.7 Å². The highest BCUT2D eigenvalue weighted by atomic mass is 16.3. The largest absolute Gasteiger partial charge is 0.377 e. The number of rotatable bonds is 1. The van der Waals surface area contributed by atoms with Crippen molar-refractivity contribution in [1.82, 2.24) is 0 Å². The molecule has 96 valence electrons. The van der Waals surface area contributed by atoms with Gasteiger partial charge in [-0.25, -0.2) is 0 Å². The SMILES string of the molecule is CC1(C)C2CCC1(C)C(O)(c1ccccc1)C2=O. The molecule has 1 aromatic rings. The van der Waals surface area contributed by atoms with Gasteiger partial charge in [-0.3, -0.25) is 4.79 Å². The minimum absolute atomic E-state index is 0.00675. The van der Waals surface area contributed by atoms with E-state index in [2.05, 4.69) is 20.8 Å². The molecule has 3 atom stereocenters. The molecule has 0 spiro atoms. The summed E-state index contributed by atoms with van der Waals surface area (Å²) >= 11 is 0. The van der Waals surface area contributed by atoms with E-state index in [-0.39, 0.29) is 22.5 Å². The third-order valence-electron chi connectivity index (χ3n) is 5.89. The Morgan fingerprint density at radius 2 is 1.78 bits per heavy atom. The first kappa shape index (κ1) is 11.9. The van der Waals surface area contributed by atoms with E-state index < -0.39 is 5.60 Å². The van der Waals surface area contributed by atoms with Crippen molar-refractivity contribution in [3.63, 3.8) is 0 Å². The molecule has 2 aliphatic rings. The zero-order valence-corrected chi connectivity index (χ0v) is 11.2. The Balaban J connectivity index is 2.23. The van der Waals surface area contributed by atoms with Crippen LogP contribution >= 0.6 is 0 Å². The first-order valence-electron chi connectivity index (χ1n) is 6.68. The number of hydrogen-bond donors (Lipinski definition) is 1. The van der Waals surface area contributed by atoms with Crippen molar-refractivity contribution in [3.05, 3.63) is 35.9 Å². The highest BCUT2D eigenvalue weighted by Gasteiger charge is 2.74. The van der Waals surface area contributed by atoms with Crippen LogP contribution in [0.15, 0.2) is 30.3 Å². The molecule has 0 radical (unpaired) electrons. The van der Waals surface area contributed by atoms with Gasteiger partial charge in [0, 0.05) is 11.3 Å². The molecule has 0 amide bonds. The van der Waals surface area contributed by atoms with Gasteiger partial charge in [0.05, 0.1) is 0 Å². The average Bonchev–Trinajstić information content (AvgIpc) is 2.65. The first-order chi connectivity index (χ1) is 8.36. The van der Waals surface area contributed by atoms with Crippen molar-refractivity contribution >= 4 is 5.78 Å². The summed E-state index contributed by atoms with van der Waals surface area (Å²) in [6, 6.07) is 9.45. The van der Waals surface area contributed by atoms with E-state index in [9.17, 15) is 9.90 Å². The predicted molar refractivity (Wildman–Crippen MR) is 70.0 cm³/mol. The van der Waals surface area contributed by atoms with E-state index in [1.165, 1.54) is 0 Å². The molecule has 3 rings (SSSR count). The van der Waals surface area contributed by atoms with Crippen LogP contribution in [0.4, 0.5) is 0 Å². The maximum atomic E-state index is 12.7. The normalized spacial score (nSPS) is 41.3. The van der Waals surface area contributed by atoms with Crippen molar-refractivity contribution in [2.75, 3.05) is 0 Å². The maximum Gasteiger partial charge on any atom is 0.173 e. The summed E-state index contributed by atoms with van der Waals surface area (Å²) in [6.07, 6.45) is 1.83. The lowest BCUT2D eigenvalue weighted by Gasteiger charge is -2.44. The summed E-state index contributed by atoms with van der Waals surface area (Å²) in [5, 5.41) is 11.2. The monoisotopic (exact) mass is 244 g/mol. The van der Waals surface area contributed by atoms with Crippen LogP contribution in [0.5, 0.6) is 0 Å². The zero-order chi connectivity index (χ0) is 13.2. The topological polar surface area (TPSA) is 37.3 Å². The lowest BCUT2D eigenvalue weighted by atomic mass is 9.62. The number of aliphatic hydroxyl groups is 1. The molecular weight excluding hydrogens is 224 g/mol. The fourth-order valence-corrected chi connectivity index (χ4v) is 4.27. The van der Waals surface area contributed by atoms with Crippen LogP contribution < -0.4 is 0 Å². The van der Waals surface area contributed by atoms with Crippen LogP contribution in [0.1, 0.15) is 39.2 Å². The van der Waals surface area contributed by atoms with Crippen LogP contribution in [0, 0.1) is 16.7 Å². The van der Waals surface area contributed by atoms with Gasteiger partial charge in [-0.2, -0.15) is 0 Å². The van der Waals surface area contributed by atoms with E-state index >= 15 is 0 Å². The molecule has 1 N–H and O–H groups in total. The van der Waals surface area contributed by atoms with Gasteiger partial charge in [0.25, 0.3) is 0 Å². The predicted octanol–water partition coefficient (Wildman–Crippen LogP) is 2.90. The summed E-state index contributed by atoms with van der Waals surface area (Å²) in [5.74, 6) is 0.0140. The van der Waals surface area contributed by atoms with Gasteiger partial charge in [-0.05, 0) is 23.8 Å². The van der Waals surface area contributed by atoms with Crippen molar-refractivity contribution < 1.29 is 9.90 Å². The van der Waals surface area contributed by atoms with Crippen molar-refractivity contribution in [3.8, 4) is 0 Å². The van der Waals surface area contributed by atoms with E-state index in [4.69, 9.17) is 0 Å². The lowest BCUT2D eigenvalue weighted by Crippen LogP contribution is -2.48. The number of hydrogen-bond acceptors (Lipinski definition) is 2. The van der Waals surface area contributed by atoms with Crippen LogP contribution in [0.25, 0.3) is 0 Å². The quantitative estimate of drug-likeness (QED) is 0.824. The van der Waals surface area contributed by atoms with Gasteiger partial charge < -0.3 is 5.11 Å². The van der Waals surface area contributed by atoms with E-state index in [1.807, 2.05) is 30.3 Å². The number of benzene rings is 1. The smallest absolute Gasteiger partial charge is 0.173 e. The molecule has 1 aromatic carbocycles. The second-order valence-corrected chi connectivity index (χ2v) is 6.59. The molecule has 0 aliphatic heterocycles. The first-order valence-corrected chi connectivity index (χ1v) is 6.68. The second-order valence-electron chi connectivity index (χ2n) is 6.59. The van der Waals surface area contributed by atoms with Crippen LogP contribution in [-0.4, -0.2) is 10.9 Å². The summed E-state index contributed by atoms with van der Waals surface area (Å²) in [5.41, 5.74) is -1.04. The van der Waals surface area contributed by atoms with Crippen molar-refractivity contribution in [1.29, 1.82) is 0 Å². The van der Waals surface area contributed by atoms with E-state index in [0.717, 1.165) is 18.4 Å². The molecule has 0 heterocycles. The Kier molecular flexibility index (Phi) is 2.14. The Bertz CT molecular complexity index is 505. The molecule has 3 unspecified atom stereocenters. The molecule has 2 heteroatoms. The summed E-state index contributed by atoms with van der Waals surface area (Å²) in [7, 11) is 0. The highest BCUT2D eigenvalue weighted by Crippen LogP contribution is 2.70. The molecule has 2 fully saturated rings. The summed E-state index contributed by atoms with van der Waals surface area (Å²) < 4.78 is 0. The summed E-state index contributed by atoms with van der Waals surface area (Å²) in [6.45, 7) is 6.33. The van der Waals surface area contributed by atoms with Crippen LogP contribution in [-0.2, 0) is 10.4 Å². The Labute approximate surface area is 108 Å². The minimum Gasteiger partial charge on any atom is -0.377 e. The summed E-state index contributed by atoms with van der Waals surface area (Å²) in [4.78, 5) is 12.7.